The Hall–Kier alpha value is -1.51. The lowest BCUT2D eigenvalue weighted by Crippen LogP contribution is -2.01. The summed E-state index contributed by atoms with van der Waals surface area (Å²) in [7, 11) is 0. The minimum atomic E-state index is 0.826. The van der Waals surface area contributed by atoms with Gasteiger partial charge >= 0.3 is 0 Å². The summed E-state index contributed by atoms with van der Waals surface area (Å²) in [6.45, 7) is 3.72. The molecule has 2 N–H and O–H groups in total. The monoisotopic (exact) mass is 133 g/mol. The van der Waals surface area contributed by atoms with Crippen molar-refractivity contribution in [3.8, 4) is 0 Å². The molecule has 0 radical (unpaired) electrons. The average molecular weight is 133 g/mol. The van der Waals surface area contributed by atoms with E-state index in [2.05, 4.69) is 21.9 Å². The molecule has 0 saturated carbocycles. The van der Waals surface area contributed by atoms with Crippen LogP contribution in [-0.2, 0) is 0 Å². The number of anilines is 1. The number of aromatic amines is 1. The van der Waals surface area contributed by atoms with Crippen molar-refractivity contribution in [3.05, 3.63) is 24.5 Å². The van der Waals surface area contributed by atoms with E-state index in [9.17, 15) is 0 Å². The molecular weight excluding hydrogens is 126 g/mol. The molecule has 0 aliphatic carbocycles. The number of aromatic nitrogens is 1. The van der Waals surface area contributed by atoms with E-state index in [1.807, 2.05) is 12.3 Å². The maximum atomic E-state index is 4.09. The van der Waals surface area contributed by atoms with Crippen LogP contribution in [0.25, 0.3) is 0 Å². The number of rotatable bonds is 0. The molecule has 1 aliphatic heterocycles. The van der Waals surface area contributed by atoms with Gasteiger partial charge in [-0.05, 0) is 6.07 Å². The van der Waals surface area contributed by atoms with Crippen LogP contribution in [0.4, 0.5) is 11.5 Å². The second-order valence-corrected chi connectivity index (χ2v) is 2.15. The second kappa shape index (κ2) is 1.73. The molecule has 0 bridgehead atoms. The normalized spacial score (nSPS) is 14.6. The Morgan fingerprint density at radius 2 is 2.40 bits per heavy atom. The average Bonchev–Trinajstić information content (AvgIpc) is 2.33. The predicted molar refractivity (Wildman–Crippen MR) is 41.7 cm³/mol. The van der Waals surface area contributed by atoms with Crippen LogP contribution in [0.3, 0.4) is 0 Å². The molecule has 0 aromatic carbocycles. The maximum Gasteiger partial charge on any atom is 0.153 e. The van der Waals surface area contributed by atoms with Crippen molar-refractivity contribution in [2.75, 3.05) is 5.32 Å². The molecule has 0 fully saturated rings. The number of aliphatic imine (C=N–C) groups is 1. The summed E-state index contributed by atoms with van der Waals surface area (Å²) in [6.07, 6.45) is 3.53. The van der Waals surface area contributed by atoms with Gasteiger partial charge < -0.3 is 10.3 Å². The van der Waals surface area contributed by atoms with Crippen molar-refractivity contribution in [1.82, 2.24) is 4.98 Å². The van der Waals surface area contributed by atoms with Crippen LogP contribution in [0.5, 0.6) is 0 Å². The highest BCUT2D eigenvalue weighted by Crippen LogP contribution is 2.25. The van der Waals surface area contributed by atoms with Crippen LogP contribution in [0.15, 0.2) is 29.5 Å². The Morgan fingerprint density at radius 1 is 1.50 bits per heavy atom. The molecule has 50 valence electrons. The summed E-state index contributed by atoms with van der Waals surface area (Å²) in [6, 6.07) is 1.93. The molecule has 0 atom stereocenters. The Labute approximate surface area is 58.5 Å². The summed E-state index contributed by atoms with van der Waals surface area (Å²) >= 11 is 0. The van der Waals surface area contributed by atoms with Gasteiger partial charge in [-0.15, -0.1) is 0 Å². The molecule has 2 heterocycles. The topological polar surface area (TPSA) is 40.2 Å². The van der Waals surface area contributed by atoms with E-state index in [0.29, 0.717) is 0 Å². The summed E-state index contributed by atoms with van der Waals surface area (Å²) < 4.78 is 0. The van der Waals surface area contributed by atoms with E-state index in [1.165, 1.54) is 0 Å². The van der Waals surface area contributed by atoms with Crippen LogP contribution >= 0.6 is 0 Å². The highest BCUT2D eigenvalue weighted by Gasteiger charge is 2.05. The van der Waals surface area contributed by atoms with Gasteiger partial charge in [0.25, 0.3) is 0 Å². The van der Waals surface area contributed by atoms with Crippen molar-refractivity contribution in [2.24, 2.45) is 4.99 Å². The molecule has 0 spiro atoms. The quantitative estimate of drug-likeness (QED) is 0.555. The van der Waals surface area contributed by atoms with Gasteiger partial charge in [0, 0.05) is 11.9 Å². The van der Waals surface area contributed by atoms with Crippen LogP contribution < -0.4 is 5.32 Å². The van der Waals surface area contributed by atoms with Gasteiger partial charge in [0.15, 0.2) is 5.82 Å². The predicted octanol–water partition coefficient (Wildman–Crippen LogP) is 1.66. The maximum absolute atomic E-state index is 4.09. The second-order valence-electron chi connectivity index (χ2n) is 2.15. The number of allylic oxidation sites excluding steroid dienone is 1. The first-order chi connectivity index (χ1) is 4.86. The van der Waals surface area contributed by atoms with Gasteiger partial charge in [0.2, 0.25) is 0 Å². The summed E-state index contributed by atoms with van der Waals surface area (Å²) in [4.78, 5) is 7.07. The zero-order valence-corrected chi connectivity index (χ0v) is 5.39. The Bertz CT molecular complexity index is 296. The number of fused-ring (bicyclic) bond motifs is 1. The third-order valence-corrected chi connectivity index (χ3v) is 1.37. The molecule has 10 heavy (non-hydrogen) atoms. The van der Waals surface area contributed by atoms with Gasteiger partial charge in [-0.1, -0.05) is 6.58 Å². The van der Waals surface area contributed by atoms with E-state index in [0.717, 1.165) is 17.2 Å². The fraction of sp³-hybridized carbons (Fsp3) is 0. The van der Waals surface area contributed by atoms with Crippen LogP contribution in [0.2, 0.25) is 0 Å². The van der Waals surface area contributed by atoms with Gasteiger partial charge in [0.05, 0.1) is 11.9 Å². The molecule has 1 aliphatic rings. The summed E-state index contributed by atoms with van der Waals surface area (Å²) in [5.74, 6) is 0.868. The van der Waals surface area contributed by atoms with Crippen molar-refractivity contribution in [2.45, 2.75) is 0 Å². The van der Waals surface area contributed by atoms with Crippen LogP contribution in [-0.4, -0.2) is 11.2 Å². The number of hydrogen-bond acceptors (Lipinski definition) is 2. The molecule has 3 nitrogen and oxygen atoms in total. The molecular formula is C7H7N3. The fourth-order valence-electron chi connectivity index (χ4n) is 0.916. The molecule has 0 saturated heterocycles. The van der Waals surface area contributed by atoms with E-state index < -0.39 is 0 Å². The van der Waals surface area contributed by atoms with Gasteiger partial charge in [-0.3, -0.25) is 0 Å². The first-order valence-electron chi connectivity index (χ1n) is 3.03. The lowest BCUT2D eigenvalue weighted by atomic mass is 10.4. The minimum absolute atomic E-state index is 0.826. The zero-order chi connectivity index (χ0) is 6.97. The molecule has 0 amide bonds. The Kier molecular flexibility index (Phi) is 0.917. The lowest BCUT2D eigenvalue weighted by molar-refractivity contribution is 1.32. The van der Waals surface area contributed by atoms with E-state index in [4.69, 9.17) is 0 Å². The van der Waals surface area contributed by atoms with Gasteiger partial charge in [0.1, 0.15) is 0 Å². The first-order valence-corrected chi connectivity index (χ1v) is 3.03. The molecule has 1 aromatic rings. The van der Waals surface area contributed by atoms with E-state index >= 15 is 0 Å². The summed E-state index contributed by atoms with van der Waals surface area (Å²) in [5.41, 5.74) is 1.82. The molecule has 3 heteroatoms. The summed E-state index contributed by atoms with van der Waals surface area (Å²) in [5, 5.41) is 3.06. The smallest absolute Gasteiger partial charge is 0.153 e. The van der Waals surface area contributed by atoms with E-state index in [1.54, 1.807) is 6.21 Å². The highest BCUT2D eigenvalue weighted by atomic mass is 15.0. The van der Waals surface area contributed by atoms with Crippen LogP contribution in [0.1, 0.15) is 0 Å². The standard InChI is InChI=1S/C7H7N3/c1-5-4-9-7-6(10-5)2-3-8-7/h2-4,8,10H,1H2. The number of nitrogens with zero attached hydrogens (tertiary/aromatic N) is 1. The first kappa shape index (κ1) is 5.29. The van der Waals surface area contributed by atoms with Crippen molar-refractivity contribution in [1.29, 1.82) is 0 Å². The van der Waals surface area contributed by atoms with Gasteiger partial charge in [-0.25, -0.2) is 4.99 Å². The number of hydrogen-bond donors (Lipinski definition) is 2. The zero-order valence-electron chi connectivity index (χ0n) is 5.39. The van der Waals surface area contributed by atoms with Crippen molar-refractivity contribution < 1.29 is 0 Å². The third kappa shape index (κ3) is 0.639. The molecule has 2 rings (SSSR count). The van der Waals surface area contributed by atoms with Gasteiger partial charge in [-0.2, -0.15) is 0 Å². The largest absolute Gasteiger partial charge is 0.352 e. The molecule has 1 aromatic heterocycles. The fourth-order valence-corrected chi connectivity index (χ4v) is 0.916. The SMILES string of the molecule is C=C1C=Nc2[nH]ccc2N1. The lowest BCUT2D eigenvalue weighted by Gasteiger charge is -2.08. The number of H-pyrrole nitrogens is 1. The van der Waals surface area contributed by atoms with Crippen molar-refractivity contribution >= 4 is 17.7 Å². The van der Waals surface area contributed by atoms with E-state index in [-0.39, 0.29) is 0 Å². The minimum Gasteiger partial charge on any atom is -0.352 e. The Balaban J connectivity index is 2.52. The van der Waals surface area contributed by atoms with Crippen LogP contribution in [0, 0.1) is 0 Å². The number of nitrogens with one attached hydrogen (secondary N) is 2. The Morgan fingerprint density at radius 3 is 3.30 bits per heavy atom. The van der Waals surface area contributed by atoms with Crippen molar-refractivity contribution in [3.63, 3.8) is 0 Å². The highest BCUT2D eigenvalue weighted by molar-refractivity contribution is 5.90. The molecule has 0 unspecified atom stereocenters. The third-order valence-electron chi connectivity index (χ3n) is 1.37.